The van der Waals surface area contributed by atoms with Crippen LogP contribution in [0.1, 0.15) is 18.1 Å². The molecule has 0 aromatic heterocycles. The molecule has 0 saturated carbocycles. The van der Waals surface area contributed by atoms with E-state index in [1.165, 1.54) is 6.07 Å². The molecule has 0 saturated heterocycles. The molecule has 4 heteroatoms. The molecule has 2 N–H and O–H groups in total. The minimum Gasteiger partial charge on any atom is -0.379 e. The van der Waals surface area contributed by atoms with E-state index in [2.05, 4.69) is 11.8 Å². The average Bonchev–Trinajstić information content (AvgIpc) is 2.39. The lowest BCUT2D eigenvalue weighted by Crippen LogP contribution is -2.04. The lowest BCUT2D eigenvalue weighted by Gasteiger charge is -2.05. The molecule has 0 heterocycles. The fourth-order valence-electron chi connectivity index (χ4n) is 1.36. The third kappa shape index (κ3) is 5.28. The van der Waals surface area contributed by atoms with Gasteiger partial charge in [-0.2, -0.15) is 0 Å². The van der Waals surface area contributed by atoms with Gasteiger partial charge in [0.1, 0.15) is 5.82 Å². The second-order valence-electron chi connectivity index (χ2n) is 3.57. The Morgan fingerprint density at radius 1 is 1.28 bits per heavy atom. The molecule has 1 rings (SSSR count). The molecule has 18 heavy (non-hydrogen) atoms. The van der Waals surface area contributed by atoms with Crippen molar-refractivity contribution >= 4 is 0 Å². The third-order valence-electron chi connectivity index (χ3n) is 2.20. The smallest absolute Gasteiger partial charge is 0.138 e. The van der Waals surface area contributed by atoms with Gasteiger partial charge in [0.2, 0.25) is 0 Å². The lowest BCUT2D eigenvalue weighted by atomic mass is 10.1. The minimum atomic E-state index is -0.339. The van der Waals surface area contributed by atoms with E-state index in [0.717, 1.165) is 5.56 Å². The van der Waals surface area contributed by atoms with Gasteiger partial charge in [0.25, 0.3) is 0 Å². The highest BCUT2D eigenvalue weighted by atomic mass is 19.1. The Hall–Kier alpha value is -1.41. The first-order chi connectivity index (χ1) is 8.77. The zero-order valence-corrected chi connectivity index (χ0v) is 10.5. The summed E-state index contributed by atoms with van der Waals surface area (Å²) in [6, 6.07) is 4.75. The van der Waals surface area contributed by atoms with E-state index in [4.69, 9.17) is 15.2 Å². The van der Waals surface area contributed by atoms with Gasteiger partial charge < -0.3 is 15.2 Å². The SMILES string of the molecule is CCOCCOCc1ccc(F)c(C#CCN)c1. The van der Waals surface area contributed by atoms with Crippen molar-refractivity contribution in [1.82, 2.24) is 0 Å². The first-order valence-corrected chi connectivity index (χ1v) is 5.90. The third-order valence-corrected chi connectivity index (χ3v) is 2.20. The molecule has 0 bridgehead atoms. The molecule has 0 amide bonds. The molecule has 0 aliphatic rings. The molecule has 0 spiro atoms. The number of benzene rings is 1. The molecular formula is C14H18FNO2. The van der Waals surface area contributed by atoms with Gasteiger partial charge in [-0.1, -0.05) is 17.9 Å². The maximum atomic E-state index is 13.4. The van der Waals surface area contributed by atoms with Gasteiger partial charge in [-0.15, -0.1) is 0 Å². The van der Waals surface area contributed by atoms with Gasteiger partial charge in [-0.25, -0.2) is 4.39 Å². The molecule has 98 valence electrons. The van der Waals surface area contributed by atoms with Crippen LogP contribution in [-0.2, 0) is 16.1 Å². The summed E-state index contributed by atoms with van der Waals surface area (Å²) in [5, 5.41) is 0. The van der Waals surface area contributed by atoms with E-state index in [1.54, 1.807) is 12.1 Å². The molecule has 0 radical (unpaired) electrons. The normalized spacial score (nSPS) is 9.94. The highest BCUT2D eigenvalue weighted by Crippen LogP contribution is 2.10. The summed E-state index contributed by atoms with van der Waals surface area (Å²) in [7, 11) is 0. The first-order valence-electron chi connectivity index (χ1n) is 5.90. The summed E-state index contributed by atoms with van der Waals surface area (Å²) < 4.78 is 23.9. The predicted molar refractivity (Wildman–Crippen MR) is 68.5 cm³/mol. The number of nitrogens with two attached hydrogens (primary N) is 1. The first kappa shape index (κ1) is 14.7. The van der Waals surface area contributed by atoms with Crippen LogP contribution in [0.3, 0.4) is 0 Å². The topological polar surface area (TPSA) is 44.5 Å². The lowest BCUT2D eigenvalue weighted by molar-refractivity contribution is 0.0453. The van der Waals surface area contributed by atoms with Crippen molar-refractivity contribution in [3.63, 3.8) is 0 Å². The van der Waals surface area contributed by atoms with Crippen molar-refractivity contribution in [2.45, 2.75) is 13.5 Å². The molecule has 0 aliphatic carbocycles. The van der Waals surface area contributed by atoms with Crippen molar-refractivity contribution in [3.8, 4) is 11.8 Å². The van der Waals surface area contributed by atoms with Gasteiger partial charge >= 0.3 is 0 Å². The number of halogens is 1. The van der Waals surface area contributed by atoms with Crippen molar-refractivity contribution in [1.29, 1.82) is 0 Å². The monoisotopic (exact) mass is 251 g/mol. The Morgan fingerprint density at radius 2 is 2.06 bits per heavy atom. The predicted octanol–water partition coefficient (Wildman–Crippen LogP) is 1.69. The maximum Gasteiger partial charge on any atom is 0.138 e. The Bertz CT molecular complexity index is 424. The van der Waals surface area contributed by atoms with Crippen molar-refractivity contribution < 1.29 is 13.9 Å². The highest BCUT2D eigenvalue weighted by molar-refractivity contribution is 5.38. The van der Waals surface area contributed by atoms with Crippen molar-refractivity contribution in [2.75, 3.05) is 26.4 Å². The number of ether oxygens (including phenoxy) is 2. The molecule has 0 fully saturated rings. The van der Waals surface area contributed by atoms with Crippen molar-refractivity contribution in [2.24, 2.45) is 5.73 Å². The molecule has 1 aromatic rings. The van der Waals surface area contributed by atoms with E-state index in [0.29, 0.717) is 32.0 Å². The highest BCUT2D eigenvalue weighted by Gasteiger charge is 2.01. The van der Waals surface area contributed by atoms with Crippen LogP contribution in [-0.4, -0.2) is 26.4 Å². The standard InChI is InChI=1S/C14H18FNO2/c1-2-17-8-9-18-11-12-5-6-14(15)13(10-12)4-3-7-16/h5-6,10H,2,7-9,11,16H2,1H3. The molecular weight excluding hydrogens is 233 g/mol. The average molecular weight is 251 g/mol. The van der Waals surface area contributed by atoms with Gasteiger partial charge in [0.05, 0.1) is 31.9 Å². The minimum absolute atomic E-state index is 0.217. The zero-order chi connectivity index (χ0) is 13.2. The van der Waals surface area contributed by atoms with Crippen LogP contribution in [0.2, 0.25) is 0 Å². The summed E-state index contributed by atoms with van der Waals surface area (Å²) in [4.78, 5) is 0. The van der Waals surface area contributed by atoms with Gasteiger partial charge in [-0.05, 0) is 24.6 Å². The Morgan fingerprint density at radius 3 is 2.78 bits per heavy atom. The Balaban J connectivity index is 2.51. The van der Waals surface area contributed by atoms with Crippen LogP contribution in [0.4, 0.5) is 4.39 Å². The molecule has 1 aromatic carbocycles. The number of hydrogen-bond acceptors (Lipinski definition) is 3. The molecule has 0 aliphatic heterocycles. The van der Waals surface area contributed by atoms with E-state index in [-0.39, 0.29) is 12.4 Å². The summed E-state index contributed by atoms with van der Waals surface area (Å²) in [5.74, 6) is 4.99. The number of rotatable bonds is 6. The van der Waals surface area contributed by atoms with Crippen LogP contribution < -0.4 is 5.73 Å². The maximum absolute atomic E-state index is 13.4. The quantitative estimate of drug-likeness (QED) is 0.618. The van der Waals surface area contributed by atoms with Crippen LogP contribution in [0.15, 0.2) is 18.2 Å². The van der Waals surface area contributed by atoms with E-state index in [1.807, 2.05) is 6.92 Å². The molecule has 0 unspecified atom stereocenters. The van der Waals surface area contributed by atoms with E-state index < -0.39 is 0 Å². The molecule has 0 atom stereocenters. The fraction of sp³-hybridized carbons (Fsp3) is 0.429. The van der Waals surface area contributed by atoms with Gasteiger partial charge in [-0.3, -0.25) is 0 Å². The fourth-order valence-corrected chi connectivity index (χ4v) is 1.36. The van der Waals surface area contributed by atoms with Crippen molar-refractivity contribution in [3.05, 3.63) is 35.1 Å². The van der Waals surface area contributed by atoms with E-state index in [9.17, 15) is 4.39 Å². The second-order valence-corrected chi connectivity index (χ2v) is 3.57. The van der Waals surface area contributed by atoms with Gasteiger partial charge in [0, 0.05) is 6.61 Å². The zero-order valence-electron chi connectivity index (χ0n) is 10.5. The van der Waals surface area contributed by atoms with Crippen LogP contribution >= 0.6 is 0 Å². The van der Waals surface area contributed by atoms with E-state index >= 15 is 0 Å². The number of hydrogen-bond donors (Lipinski definition) is 1. The van der Waals surface area contributed by atoms with Crippen LogP contribution in [0, 0.1) is 17.7 Å². The van der Waals surface area contributed by atoms with Crippen LogP contribution in [0.5, 0.6) is 0 Å². The summed E-state index contributed by atoms with van der Waals surface area (Å²) in [5.41, 5.74) is 6.49. The van der Waals surface area contributed by atoms with Crippen LogP contribution in [0.25, 0.3) is 0 Å². The summed E-state index contributed by atoms with van der Waals surface area (Å²) in [6.45, 7) is 4.34. The van der Waals surface area contributed by atoms with Gasteiger partial charge in [0.15, 0.2) is 0 Å². The largest absolute Gasteiger partial charge is 0.379 e. The summed E-state index contributed by atoms with van der Waals surface area (Å²) >= 11 is 0. The Kier molecular flexibility index (Phi) is 7.04. The summed E-state index contributed by atoms with van der Waals surface area (Å²) in [6.07, 6.45) is 0. The molecule has 3 nitrogen and oxygen atoms in total. The Labute approximate surface area is 107 Å². The second kappa shape index (κ2) is 8.65.